The molecule has 1 aromatic carbocycles. The van der Waals surface area contributed by atoms with Gasteiger partial charge in [-0.3, -0.25) is 14.5 Å². The molecule has 12 nitrogen and oxygen atoms in total. The van der Waals surface area contributed by atoms with E-state index in [0.717, 1.165) is 21.9 Å². The summed E-state index contributed by atoms with van der Waals surface area (Å²) < 4.78 is 0.695. The molecule has 196 valence electrons. The van der Waals surface area contributed by atoms with Crippen molar-refractivity contribution in [3.8, 4) is 10.6 Å². The second-order valence-electron chi connectivity index (χ2n) is 7.84. The second-order valence-corrected chi connectivity index (χ2v) is 12.0. The summed E-state index contributed by atoms with van der Waals surface area (Å²) >= 11 is 5.29. The van der Waals surface area contributed by atoms with Gasteiger partial charge in [-0.1, -0.05) is 58.6 Å². The van der Waals surface area contributed by atoms with E-state index in [0.29, 0.717) is 21.4 Å². The van der Waals surface area contributed by atoms with Crippen molar-refractivity contribution >= 4 is 74.8 Å². The van der Waals surface area contributed by atoms with Crippen molar-refractivity contribution in [1.29, 1.82) is 0 Å². The van der Waals surface area contributed by atoms with Gasteiger partial charge >= 0.3 is 5.97 Å². The van der Waals surface area contributed by atoms with Gasteiger partial charge in [-0.05, 0) is 5.57 Å². The first kappa shape index (κ1) is 26.1. The summed E-state index contributed by atoms with van der Waals surface area (Å²) in [5.41, 5.74) is 7.21. The molecule has 5 rings (SSSR count). The topological polar surface area (TPSA) is 173 Å². The fourth-order valence-corrected chi connectivity index (χ4v) is 7.70. The van der Waals surface area contributed by atoms with Crippen LogP contribution in [-0.4, -0.2) is 78.7 Å². The largest absolute Gasteiger partial charge is 0.477 e. The number of benzene rings is 1. The molecule has 2 amide bonds. The molecule has 4 N–H and O–H groups in total. The number of carboxylic acid groups (broad SMARTS) is 1. The van der Waals surface area contributed by atoms with Gasteiger partial charge in [-0.2, -0.15) is 0 Å². The molecule has 2 atom stereocenters. The number of nitrogens with one attached hydrogen (secondary N) is 1. The molecule has 0 unspecified atom stereocenters. The average molecular weight is 590 g/mol. The number of thioether (sulfide) groups is 2. The van der Waals surface area contributed by atoms with Crippen molar-refractivity contribution in [3.05, 3.63) is 52.7 Å². The van der Waals surface area contributed by atoms with E-state index in [2.05, 4.69) is 25.7 Å². The lowest BCUT2D eigenvalue weighted by atomic mass is 10.0. The lowest BCUT2D eigenvalue weighted by Crippen LogP contribution is -2.71. The first-order valence-corrected chi connectivity index (χ1v) is 14.7. The van der Waals surface area contributed by atoms with Crippen LogP contribution in [0.4, 0.5) is 5.13 Å². The third kappa shape index (κ3) is 5.11. The maximum Gasteiger partial charge on any atom is 0.352 e. The summed E-state index contributed by atoms with van der Waals surface area (Å²) in [4.78, 5) is 48.1. The zero-order valence-corrected chi connectivity index (χ0v) is 22.8. The van der Waals surface area contributed by atoms with E-state index in [1.165, 1.54) is 46.9 Å². The van der Waals surface area contributed by atoms with Crippen LogP contribution in [0.25, 0.3) is 10.6 Å². The molecular formula is C22H19N7O5S4. The standard InChI is InChI=1S/C22H19N7O5S4/c1-34-28-13(12-9-36-21(23)24-12)16(30)25-14-18(31)29-15(20(32)33)11(7-35-19(14)29)8-37-22-27-26-17(38-22)10-5-3-2-4-6-10/h2-6,9,14,19H,7-8H2,1H3,(H2,23,24)(H,25,30)(H,32,33)/t14-,19-/m1/s1. The molecule has 1 fully saturated rings. The Labute approximate surface area is 232 Å². The molecule has 38 heavy (non-hydrogen) atoms. The van der Waals surface area contributed by atoms with Gasteiger partial charge in [0.1, 0.15) is 34.9 Å². The monoisotopic (exact) mass is 589 g/mol. The maximum absolute atomic E-state index is 13.0. The molecular weight excluding hydrogens is 571 g/mol. The third-order valence-electron chi connectivity index (χ3n) is 5.50. The fourth-order valence-electron chi connectivity index (χ4n) is 3.81. The molecule has 0 spiro atoms. The van der Waals surface area contributed by atoms with Crippen molar-refractivity contribution in [1.82, 2.24) is 25.4 Å². The number of hydrogen-bond donors (Lipinski definition) is 3. The number of β-lactam (4-membered cyclic amide) rings is 1. The van der Waals surface area contributed by atoms with Gasteiger partial charge in [0.2, 0.25) is 0 Å². The van der Waals surface area contributed by atoms with E-state index in [-0.39, 0.29) is 22.2 Å². The zero-order chi connectivity index (χ0) is 26.8. The van der Waals surface area contributed by atoms with Crippen molar-refractivity contribution in [3.63, 3.8) is 0 Å². The first-order valence-electron chi connectivity index (χ1n) is 10.9. The Morgan fingerprint density at radius 2 is 2.11 bits per heavy atom. The van der Waals surface area contributed by atoms with Gasteiger partial charge in [0.15, 0.2) is 15.2 Å². The van der Waals surface area contributed by atoms with Crippen LogP contribution in [0.15, 0.2) is 56.5 Å². The average Bonchev–Trinajstić information content (AvgIpc) is 3.58. The van der Waals surface area contributed by atoms with Crippen LogP contribution in [0.3, 0.4) is 0 Å². The number of oxime groups is 1. The summed E-state index contributed by atoms with van der Waals surface area (Å²) in [6, 6.07) is 8.72. The summed E-state index contributed by atoms with van der Waals surface area (Å²) in [5, 5.41) is 26.7. The second kappa shape index (κ2) is 11.1. The summed E-state index contributed by atoms with van der Waals surface area (Å²) in [5.74, 6) is -1.69. The number of carbonyl (C=O) groups excluding carboxylic acids is 2. The number of carboxylic acids is 1. The molecule has 0 aliphatic carbocycles. The molecule has 16 heteroatoms. The number of hydrogen-bond acceptors (Lipinski definition) is 13. The number of amides is 2. The minimum absolute atomic E-state index is 0.0670. The number of carbonyl (C=O) groups is 3. The molecule has 2 aliphatic heterocycles. The van der Waals surface area contributed by atoms with Crippen LogP contribution in [0.2, 0.25) is 0 Å². The normalized spacial score (nSPS) is 19.1. The molecule has 2 aromatic heterocycles. The van der Waals surface area contributed by atoms with Crippen molar-refractivity contribution in [2.24, 2.45) is 5.16 Å². The van der Waals surface area contributed by atoms with Crippen LogP contribution in [-0.2, 0) is 19.2 Å². The zero-order valence-electron chi connectivity index (χ0n) is 19.6. The highest BCUT2D eigenvalue weighted by molar-refractivity contribution is 8.01. The molecule has 3 aromatic rings. The van der Waals surface area contributed by atoms with E-state index in [1.54, 1.807) is 5.38 Å². The predicted molar refractivity (Wildman–Crippen MR) is 146 cm³/mol. The summed E-state index contributed by atoms with van der Waals surface area (Å²) in [6.45, 7) is 0. The Bertz CT molecular complexity index is 1450. The van der Waals surface area contributed by atoms with Crippen LogP contribution in [0.5, 0.6) is 0 Å². The van der Waals surface area contributed by atoms with Crippen LogP contribution < -0.4 is 11.1 Å². The summed E-state index contributed by atoms with van der Waals surface area (Å²) in [6.07, 6.45) is 0. The highest BCUT2D eigenvalue weighted by Crippen LogP contribution is 2.42. The van der Waals surface area contributed by atoms with E-state index in [4.69, 9.17) is 10.6 Å². The number of aliphatic carboxylic acids is 1. The van der Waals surface area contributed by atoms with Crippen molar-refractivity contribution in [2.45, 2.75) is 15.8 Å². The van der Waals surface area contributed by atoms with Crippen LogP contribution in [0.1, 0.15) is 5.69 Å². The van der Waals surface area contributed by atoms with E-state index < -0.39 is 29.2 Å². The maximum atomic E-state index is 13.0. The minimum atomic E-state index is -1.20. The Kier molecular flexibility index (Phi) is 7.64. The van der Waals surface area contributed by atoms with E-state index >= 15 is 0 Å². The number of nitrogens with zero attached hydrogens (tertiary/aromatic N) is 5. The minimum Gasteiger partial charge on any atom is -0.477 e. The Balaban J connectivity index is 1.28. The lowest BCUT2D eigenvalue weighted by Gasteiger charge is -2.49. The predicted octanol–water partition coefficient (Wildman–Crippen LogP) is 2.13. The van der Waals surface area contributed by atoms with Crippen LogP contribution >= 0.6 is 46.2 Å². The van der Waals surface area contributed by atoms with E-state index in [9.17, 15) is 19.5 Å². The van der Waals surface area contributed by atoms with E-state index in [1.807, 2.05) is 30.3 Å². The summed E-state index contributed by atoms with van der Waals surface area (Å²) in [7, 11) is 1.28. The Hall–Kier alpha value is -3.47. The van der Waals surface area contributed by atoms with Crippen LogP contribution in [0, 0.1) is 0 Å². The number of nitrogen functional groups attached to an aromatic ring is 1. The number of fused-ring (bicyclic) bond motifs is 1. The SMILES string of the molecule is CON=C(C(=O)N[C@@H]1C(=O)N2C(C(=O)O)=C(CSc3nnc(-c4ccccc4)s3)CS[C@H]12)c1csc(N)n1. The highest BCUT2D eigenvalue weighted by Gasteiger charge is 2.54. The van der Waals surface area contributed by atoms with Gasteiger partial charge in [0.05, 0.1) is 0 Å². The third-order valence-corrected chi connectivity index (χ3v) is 9.70. The highest BCUT2D eigenvalue weighted by atomic mass is 32.2. The molecule has 4 heterocycles. The number of thiazole rings is 1. The van der Waals surface area contributed by atoms with Gasteiger partial charge in [-0.15, -0.1) is 33.3 Å². The molecule has 2 aliphatic rings. The Morgan fingerprint density at radius 3 is 2.79 bits per heavy atom. The van der Waals surface area contributed by atoms with Crippen molar-refractivity contribution in [2.75, 3.05) is 24.3 Å². The quantitative estimate of drug-likeness (QED) is 0.144. The van der Waals surface area contributed by atoms with Gasteiger partial charge in [0, 0.05) is 22.4 Å². The lowest BCUT2D eigenvalue weighted by molar-refractivity contribution is -0.150. The first-order chi connectivity index (χ1) is 18.4. The van der Waals surface area contributed by atoms with Gasteiger partial charge in [-0.25, -0.2) is 9.78 Å². The molecule has 0 radical (unpaired) electrons. The number of aromatic nitrogens is 3. The van der Waals surface area contributed by atoms with Gasteiger partial charge < -0.3 is 21.0 Å². The number of anilines is 1. The molecule has 0 saturated carbocycles. The Morgan fingerprint density at radius 1 is 1.32 bits per heavy atom. The van der Waals surface area contributed by atoms with Crippen molar-refractivity contribution < 1.29 is 24.3 Å². The fraction of sp³-hybridized carbons (Fsp3) is 0.227. The molecule has 1 saturated heterocycles. The van der Waals surface area contributed by atoms with Gasteiger partial charge in [0.25, 0.3) is 11.8 Å². The molecule has 0 bridgehead atoms. The number of nitrogens with two attached hydrogens (primary N) is 1. The smallest absolute Gasteiger partial charge is 0.352 e. The number of rotatable bonds is 9.